The first kappa shape index (κ1) is 19.4. The summed E-state index contributed by atoms with van der Waals surface area (Å²) in [5.74, 6) is 0.372. The van der Waals surface area contributed by atoms with E-state index in [9.17, 15) is 18.0 Å². The predicted molar refractivity (Wildman–Crippen MR) is 106 cm³/mol. The van der Waals surface area contributed by atoms with Gasteiger partial charge < -0.3 is 13.7 Å². The van der Waals surface area contributed by atoms with E-state index in [4.69, 9.17) is 8.83 Å². The van der Waals surface area contributed by atoms with Crippen molar-refractivity contribution in [2.45, 2.75) is 25.1 Å². The molecule has 5 rings (SSSR count). The van der Waals surface area contributed by atoms with Crippen molar-refractivity contribution in [3.63, 3.8) is 0 Å². The second-order valence-electron chi connectivity index (χ2n) is 7.41. The zero-order valence-electron chi connectivity index (χ0n) is 16.2. The van der Waals surface area contributed by atoms with E-state index in [0.29, 0.717) is 35.5 Å². The molecular formula is C23H17F3N2O3. The van der Waals surface area contributed by atoms with Gasteiger partial charge in [0.2, 0.25) is 5.89 Å². The number of likely N-dealkylation sites (tertiary alicyclic amines) is 1. The highest BCUT2D eigenvalue weighted by molar-refractivity contribution is 5.92. The van der Waals surface area contributed by atoms with Crippen LogP contribution in [-0.4, -0.2) is 22.3 Å². The molecule has 1 atom stereocenters. The minimum atomic E-state index is -4.46. The highest BCUT2D eigenvalue weighted by Crippen LogP contribution is 2.39. The van der Waals surface area contributed by atoms with Crippen LogP contribution in [0.5, 0.6) is 0 Å². The van der Waals surface area contributed by atoms with Gasteiger partial charge in [-0.15, -0.1) is 0 Å². The van der Waals surface area contributed by atoms with Crippen LogP contribution < -0.4 is 0 Å². The molecule has 2 aromatic heterocycles. The minimum Gasteiger partial charge on any atom is -0.459 e. The molecule has 2 aromatic carbocycles. The van der Waals surface area contributed by atoms with Crippen LogP contribution in [0.4, 0.5) is 13.2 Å². The monoisotopic (exact) mass is 426 g/mol. The Bertz CT molecular complexity index is 1240. The fourth-order valence-corrected chi connectivity index (χ4v) is 4.05. The molecule has 0 spiro atoms. The van der Waals surface area contributed by atoms with Crippen LogP contribution in [0.25, 0.3) is 22.2 Å². The summed E-state index contributed by atoms with van der Waals surface area (Å²) in [5.41, 5.74) is 0.679. The lowest BCUT2D eigenvalue weighted by Gasteiger charge is -2.20. The lowest BCUT2D eigenvalue weighted by atomic mass is 9.99. The minimum absolute atomic E-state index is 0.0805. The number of carbonyl (C=O) groups is 1. The van der Waals surface area contributed by atoms with Gasteiger partial charge in [-0.3, -0.25) is 4.79 Å². The smallest absolute Gasteiger partial charge is 0.417 e. The fourth-order valence-electron chi connectivity index (χ4n) is 4.05. The first-order chi connectivity index (χ1) is 14.9. The number of carbonyl (C=O) groups excluding carboxylic acids is 1. The van der Waals surface area contributed by atoms with Gasteiger partial charge in [-0.2, -0.15) is 13.2 Å². The number of halogens is 3. The maximum Gasteiger partial charge on any atom is 0.417 e. The number of alkyl halides is 3. The van der Waals surface area contributed by atoms with Gasteiger partial charge in [0.15, 0.2) is 11.3 Å². The van der Waals surface area contributed by atoms with Crippen molar-refractivity contribution in [1.82, 2.24) is 9.88 Å². The van der Waals surface area contributed by atoms with Crippen LogP contribution >= 0.6 is 0 Å². The standard InChI is InChI=1S/C23H17F3N2O3/c24-23(25,26)16-6-2-1-5-15(16)14-9-10-19-17(13-14)27-21(31-19)18-7-3-11-28(18)22(29)20-8-4-12-30-20/h1-2,4-6,8-10,12-13,18H,3,7,11H2. The average molecular weight is 426 g/mol. The Morgan fingerprint density at radius 1 is 1.10 bits per heavy atom. The summed E-state index contributed by atoms with van der Waals surface area (Å²) in [4.78, 5) is 18.9. The van der Waals surface area contributed by atoms with Crippen LogP contribution in [0.1, 0.15) is 40.9 Å². The van der Waals surface area contributed by atoms with Gasteiger partial charge in [0, 0.05) is 6.54 Å². The third-order valence-corrected chi connectivity index (χ3v) is 5.48. The molecule has 0 N–H and O–H groups in total. The highest BCUT2D eigenvalue weighted by Gasteiger charge is 2.36. The number of nitrogens with zero attached hydrogens (tertiary/aromatic N) is 2. The summed E-state index contributed by atoms with van der Waals surface area (Å²) in [6.07, 6.45) is -1.54. The first-order valence-electron chi connectivity index (χ1n) is 9.83. The Morgan fingerprint density at radius 2 is 1.94 bits per heavy atom. The Kier molecular flexibility index (Phi) is 4.57. The van der Waals surface area contributed by atoms with Gasteiger partial charge in [-0.25, -0.2) is 4.98 Å². The maximum absolute atomic E-state index is 13.4. The Hall–Kier alpha value is -3.55. The van der Waals surface area contributed by atoms with E-state index in [1.807, 2.05) is 0 Å². The number of furan rings is 1. The molecule has 0 aliphatic carbocycles. The van der Waals surface area contributed by atoms with Crippen LogP contribution in [-0.2, 0) is 6.18 Å². The Balaban J connectivity index is 1.50. The third kappa shape index (κ3) is 3.48. The van der Waals surface area contributed by atoms with E-state index in [0.717, 1.165) is 12.5 Å². The Morgan fingerprint density at radius 3 is 2.71 bits per heavy atom. The van der Waals surface area contributed by atoms with Crippen molar-refractivity contribution < 1.29 is 26.8 Å². The molecule has 1 aliphatic rings. The molecule has 1 saturated heterocycles. The number of aromatic nitrogens is 1. The number of hydrogen-bond donors (Lipinski definition) is 0. The van der Waals surface area contributed by atoms with E-state index < -0.39 is 11.7 Å². The van der Waals surface area contributed by atoms with E-state index in [1.54, 1.807) is 41.3 Å². The van der Waals surface area contributed by atoms with Crippen LogP contribution in [0, 0.1) is 0 Å². The number of benzene rings is 2. The first-order valence-corrected chi connectivity index (χ1v) is 9.83. The molecule has 158 valence electrons. The van der Waals surface area contributed by atoms with Crippen LogP contribution in [0.2, 0.25) is 0 Å². The summed E-state index contributed by atoms with van der Waals surface area (Å²) < 4.78 is 51.3. The quantitative estimate of drug-likeness (QED) is 0.398. The molecule has 5 nitrogen and oxygen atoms in total. The molecule has 3 heterocycles. The van der Waals surface area contributed by atoms with E-state index in [-0.39, 0.29) is 23.3 Å². The molecule has 31 heavy (non-hydrogen) atoms. The highest BCUT2D eigenvalue weighted by atomic mass is 19.4. The lowest BCUT2D eigenvalue weighted by Crippen LogP contribution is -2.30. The zero-order chi connectivity index (χ0) is 21.6. The van der Waals surface area contributed by atoms with Gasteiger partial charge in [0.25, 0.3) is 5.91 Å². The van der Waals surface area contributed by atoms with E-state index in [2.05, 4.69) is 4.98 Å². The van der Waals surface area contributed by atoms with Crippen molar-refractivity contribution in [1.29, 1.82) is 0 Å². The van der Waals surface area contributed by atoms with Gasteiger partial charge in [0.1, 0.15) is 11.6 Å². The maximum atomic E-state index is 13.4. The zero-order valence-corrected chi connectivity index (χ0v) is 16.2. The molecular weight excluding hydrogens is 409 g/mol. The second kappa shape index (κ2) is 7.30. The van der Waals surface area contributed by atoms with E-state index >= 15 is 0 Å². The molecule has 1 aliphatic heterocycles. The van der Waals surface area contributed by atoms with E-state index in [1.165, 1.54) is 18.4 Å². The molecule has 1 amide bonds. The number of fused-ring (bicyclic) bond motifs is 1. The molecule has 0 radical (unpaired) electrons. The summed E-state index contributed by atoms with van der Waals surface area (Å²) in [5, 5.41) is 0. The molecule has 1 unspecified atom stereocenters. The number of rotatable bonds is 3. The largest absolute Gasteiger partial charge is 0.459 e. The predicted octanol–water partition coefficient (Wildman–Crippen LogP) is 6.08. The van der Waals surface area contributed by atoms with Crippen LogP contribution in [0.15, 0.2) is 69.7 Å². The number of oxazole rings is 1. The molecule has 4 aromatic rings. The lowest BCUT2D eigenvalue weighted by molar-refractivity contribution is -0.137. The van der Waals surface area contributed by atoms with Crippen molar-refractivity contribution in [3.8, 4) is 11.1 Å². The van der Waals surface area contributed by atoms with Crippen molar-refractivity contribution in [2.75, 3.05) is 6.54 Å². The summed E-state index contributed by atoms with van der Waals surface area (Å²) in [6, 6.07) is 13.1. The topological polar surface area (TPSA) is 59.5 Å². The van der Waals surface area contributed by atoms with Gasteiger partial charge in [0.05, 0.1) is 11.8 Å². The average Bonchev–Trinajstić information content (AvgIpc) is 3.52. The third-order valence-electron chi connectivity index (χ3n) is 5.48. The number of amides is 1. The SMILES string of the molecule is O=C(c1ccco1)N1CCCC1c1nc2cc(-c3ccccc3C(F)(F)F)ccc2o1. The summed E-state index contributed by atoms with van der Waals surface area (Å²) >= 11 is 0. The molecule has 8 heteroatoms. The summed E-state index contributed by atoms with van der Waals surface area (Å²) in [6.45, 7) is 0.549. The van der Waals surface area contributed by atoms with Gasteiger partial charge >= 0.3 is 6.18 Å². The molecule has 1 fully saturated rings. The second-order valence-corrected chi connectivity index (χ2v) is 7.41. The van der Waals surface area contributed by atoms with Gasteiger partial charge in [-0.05, 0) is 54.3 Å². The van der Waals surface area contributed by atoms with Crippen molar-refractivity contribution >= 4 is 17.0 Å². The van der Waals surface area contributed by atoms with Gasteiger partial charge in [-0.1, -0.05) is 24.3 Å². The normalized spacial score (nSPS) is 16.9. The summed E-state index contributed by atoms with van der Waals surface area (Å²) in [7, 11) is 0. The van der Waals surface area contributed by atoms with Crippen LogP contribution in [0.3, 0.4) is 0 Å². The molecule has 0 saturated carbocycles. The Labute approximate surface area is 175 Å². The fraction of sp³-hybridized carbons (Fsp3) is 0.217. The van der Waals surface area contributed by atoms with Crippen molar-refractivity contribution in [2.24, 2.45) is 0 Å². The number of hydrogen-bond acceptors (Lipinski definition) is 4. The van der Waals surface area contributed by atoms with Crippen molar-refractivity contribution in [3.05, 3.63) is 78.1 Å². The molecule has 0 bridgehead atoms.